The molecule has 0 aliphatic rings. The Labute approximate surface area is 310 Å². The van der Waals surface area contributed by atoms with Gasteiger partial charge in [-0.25, -0.2) is 9.97 Å². The number of fused-ring (bicyclic) bond motifs is 7. The standard InChI is InChI=1S/C50H30N2O2/c1-3-11-31(12-4-1)33-19-23-35(24-20-33)39-27-28-41(45-42-29-37-15-7-8-16-38(37)30-44(42)54-48(39)45)50-51-46(49-47(52-50)40-17-9-10-18-43(40)53-49)36-25-21-34(22-26-36)32-13-5-2-6-14-32/h1-30H. The van der Waals surface area contributed by atoms with E-state index in [2.05, 4.69) is 152 Å². The van der Waals surface area contributed by atoms with Gasteiger partial charge < -0.3 is 8.83 Å². The Balaban J connectivity index is 1.16. The SMILES string of the molecule is c1ccc(-c2ccc(-c3nc(-c4ccc(-c5ccc(-c6ccccc6)cc5)c5oc6cc7ccccc7cc6c45)nc4c3oc3ccccc34)cc2)cc1. The van der Waals surface area contributed by atoms with Crippen LogP contribution in [-0.4, -0.2) is 9.97 Å². The number of aromatic nitrogens is 2. The molecule has 0 amide bonds. The van der Waals surface area contributed by atoms with E-state index in [1.807, 2.05) is 30.3 Å². The van der Waals surface area contributed by atoms with Crippen LogP contribution in [-0.2, 0) is 0 Å². The Kier molecular flexibility index (Phi) is 6.82. The number of benzene rings is 8. The molecule has 0 spiro atoms. The molecule has 0 saturated carbocycles. The maximum absolute atomic E-state index is 6.86. The van der Waals surface area contributed by atoms with Gasteiger partial charge in [-0.1, -0.05) is 146 Å². The van der Waals surface area contributed by atoms with E-state index < -0.39 is 0 Å². The van der Waals surface area contributed by atoms with Gasteiger partial charge in [0, 0.05) is 32.8 Å². The molecule has 0 radical (unpaired) electrons. The largest absolute Gasteiger partial charge is 0.455 e. The van der Waals surface area contributed by atoms with E-state index >= 15 is 0 Å². The number of hydrogen-bond acceptors (Lipinski definition) is 4. The Hall–Kier alpha value is -7.30. The van der Waals surface area contributed by atoms with Crippen LogP contribution in [0.2, 0.25) is 0 Å². The third-order valence-electron chi connectivity index (χ3n) is 10.5. The number of furan rings is 2. The second-order valence-electron chi connectivity index (χ2n) is 13.7. The van der Waals surface area contributed by atoms with Gasteiger partial charge in [-0.15, -0.1) is 0 Å². The number of para-hydroxylation sites is 1. The monoisotopic (exact) mass is 690 g/mol. The molecule has 0 aliphatic heterocycles. The molecule has 4 nitrogen and oxygen atoms in total. The molecule has 0 fully saturated rings. The zero-order valence-corrected chi connectivity index (χ0v) is 29.0. The molecule has 0 aliphatic carbocycles. The number of hydrogen-bond donors (Lipinski definition) is 0. The van der Waals surface area contributed by atoms with Gasteiger partial charge in [-0.3, -0.25) is 0 Å². The predicted molar refractivity (Wildman–Crippen MR) is 221 cm³/mol. The van der Waals surface area contributed by atoms with Crippen LogP contribution in [0.15, 0.2) is 191 Å². The van der Waals surface area contributed by atoms with E-state index in [9.17, 15) is 0 Å². The summed E-state index contributed by atoms with van der Waals surface area (Å²) < 4.78 is 13.4. The zero-order valence-electron chi connectivity index (χ0n) is 29.0. The van der Waals surface area contributed by atoms with Gasteiger partial charge in [-0.2, -0.15) is 0 Å². The lowest BCUT2D eigenvalue weighted by atomic mass is 9.95. The van der Waals surface area contributed by atoms with Crippen molar-refractivity contribution >= 4 is 54.8 Å². The number of rotatable bonds is 5. The van der Waals surface area contributed by atoms with Crippen molar-refractivity contribution in [3.8, 4) is 56.0 Å². The van der Waals surface area contributed by atoms with Gasteiger partial charge in [0.05, 0.1) is 0 Å². The van der Waals surface area contributed by atoms with Crippen LogP contribution in [0.25, 0.3) is 111 Å². The van der Waals surface area contributed by atoms with Gasteiger partial charge in [-0.05, 0) is 75.0 Å². The highest BCUT2D eigenvalue weighted by Gasteiger charge is 2.23. The van der Waals surface area contributed by atoms with Crippen LogP contribution in [0, 0.1) is 0 Å². The van der Waals surface area contributed by atoms with Gasteiger partial charge in [0.2, 0.25) is 0 Å². The smallest absolute Gasteiger partial charge is 0.180 e. The van der Waals surface area contributed by atoms with Gasteiger partial charge in [0.1, 0.15) is 28.0 Å². The zero-order chi connectivity index (χ0) is 35.6. The van der Waals surface area contributed by atoms with Crippen molar-refractivity contribution in [3.63, 3.8) is 0 Å². The molecule has 0 N–H and O–H groups in total. The molecular formula is C50H30N2O2. The Bertz CT molecular complexity index is 3180. The predicted octanol–water partition coefficient (Wildman–Crippen LogP) is 13.8. The van der Waals surface area contributed by atoms with Crippen LogP contribution in [0.4, 0.5) is 0 Å². The fourth-order valence-corrected chi connectivity index (χ4v) is 7.81. The summed E-state index contributed by atoms with van der Waals surface area (Å²) in [5.41, 5.74) is 13.2. The van der Waals surface area contributed by atoms with Crippen LogP contribution in [0.3, 0.4) is 0 Å². The van der Waals surface area contributed by atoms with Crippen molar-refractivity contribution in [2.24, 2.45) is 0 Å². The second kappa shape index (κ2) is 12.1. The summed E-state index contributed by atoms with van der Waals surface area (Å²) in [4.78, 5) is 10.6. The third kappa shape index (κ3) is 4.92. The minimum absolute atomic E-state index is 0.614. The summed E-state index contributed by atoms with van der Waals surface area (Å²) in [5.74, 6) is 0.614. The van der Waals surface area contributed by atoms with Crippen LogP contribution < -0.4 is 0 Å². The summed E-state index contributed by atoms with van der Waals surface area (Å²) in [6, 6.07) is 63.3. The first-order chi connectivity index (χ1) is 26.7. The summed E-state index contributed by atoms with van der Waals surface area (Å²) in [6.07, 6.45) is 0. The van der Waals surface area contributed by atoms with Crippen molar-refractivity contribution in [3.05, 3.63) is 182 Å². The molecule has 0 bridgehead atoms. The first-order valence-corrected chi connectivity index (χ1v) is 18.1. The molecule has 54 heavy (non-hydrogen) atoms. The topological polar surface area (TPSA) is 52.1 Å². The minimum Gasteiger partial charge on any atom is -0.455 e. The van der Waals surface area contributed by atoms with Crippen molar-refractivity contribution in [2.75, 3.05) is 0 Å². The Morgan fingerprint density at radius 1 is 0.352 bits per heavy atom. The second-order valence-corrected chi connectivity index (χ2v) is 13.7. The lowest BCUT2D eigenvalue weighted by Gasteiger charge is -2.11. The Morgan fingerprint density at radius 3 is 1.59 bits per heavy atom. The highest BCUT2D eigenvalue weighted by atomic mass is 16.3. The van der Waals surface area contributed by atoms with E-state index in [-0.39, 0.29) is 0 Å². The van der Waals surface area contributed by atoms with Crippen LogP contribution >= 0.6 is 0 Å². The summed E-state index contributed by atoms with van der Waals surface area (Å²) in [6.45, 7) is 0. The summed E-state index contributed by atoms with van der Waals surface area (Å²) >= 11 is 0. The van der Waals surface area contributed by atoms with Crippen molar-refractivity contribution < 1.29 is 8.83 Å². The lowest BCUT2D eigenvalue weighted by Crippen LogP contribution is -1.95. The first kappa shape index (κ1) is 30.3. The van der Waals surface area contributed by atoms with Crippen LogP contribution in [0.1, 0.15) is 0 Å². The normalized spacial score (nSPS) is 11.7. The van der Waals surface area contributed by atoms with E-state index in [0.717, 1.165) is 88.3 Å². The molecule has 252 valence electrons. The average molecular weight is 691 g/mol. The molecule has 11 rings (SSSR count). The maximum Gasteiger partial charge on any atom is 0.180 e. The molecule has 3 aromatic heterocycles. The van der Waals surface area contributed by atoms with E-state index in [1.165, 1.54) is 11.1 Å². The Morgan fingerprint density at radius 2 is 0.889 bits per heavy atom. The van der Waals surface area contributed by atoms with E-state index in [1.54, 1.807) is 0 Å². The highest BCUT2D eigenvalue weighted by molar-refractivity contribution is 6.19. The van der Waals surface area contributed by atoms with Crippen molar-refractivity contribution in [1.82, 2.24) is 9.97 Å². The molecule has 3 heterocycles. The molecular weight excluding hydrogens is 661 g/mol. The van der Waals surface area contributed by atoms with Gasteiger partial charge in [0.25, 0.3) is 0 Å². The first-order valence-electron chi connectivity index (χ1n) is 18.1. The molecule has 11 aromatic rings. The molecule has 0 unspecified atom stereocenters. The lowest BCUT2D eigenvalue weighted by molar-refractivity contribution is 0.667. The molecule has 0 saturated heterocycles. The van der Waals surface area contributed by atoms with E-state index in [0.29, 0.717) is 11.4 Å². The minimum atomic E-state index is 0.614. The van der Waals surface area contributed by atoms with Crippen molar-refractivity contribution in [1.29, 1.82) is 0 Å². The van der Waals surface area contributed by atoms with E-state index in [4.69, 9.17) is 18.8 Å². The number of nitrogens with zero attached hydrogens (tertiary/aromatic N) is 2. The highest BCUT2D eigenvalue weighted by Crippen LogP contribution is 2.44. The third-order valence-corrected chi connectivity index (χ3v) is 10.5. The summed E-state index contributed by atoms with van der Waals surface area (Å²) in [5, 5.41) is 5.23. The average Bonchev–Trinajstić information content (AvgIpc) is 3.81. The summed E-state index contributed by atoms with van der Waals surface area (Å²) in [7, 11) is 0. The maximum atomic E-state index is 6.86. The van der Waals surface area contributed by atoms with Crippen molar-refractivity contribution in [2.45, 2.75) is 0 Å². The molecule has 0 atom stereocenters. The fourth-order valence-electron chi connectivity index (χ4n) is 7.81. The molecule has 4 heteroatoms. The van der Waals surface area contributed by atoms with Crippen LogP contribution in [0.5, 0.6) is 0 Å². The van der Waals surface area contributed by atoms with Gasteiger partial charge >= 0.3 is 0 Å². The molecule has 8 aromatic carbocycles. The fraction of sp³-hybridized carbons (Fsp3) is 0. The quantitative estimate of drug-likeness (QED) is 0.180. The van der Waals surface area contributed by atoms with Gasteiger partial charge in [0.15, 0.2) is 11.4 Å².